The van der Waals surface area contributed by atoms with Crippen molar-refractivity contribution in [2.45, 2.75) is 26.2 Å². The molecule has 0 heterocycles. The molecule has 0 amide bonds. The summed E-state index contributed by atoms with van der Waals surface area (Å²) in [6, 6.07) is 0. The van der Waals surface area contributed by atoms with E-state index in [-0.39, 0.29) is 13.2 Å². The fourth-order valence-corrected chi connectivity index (χ4v) is 1.46. The van der Waals surface area contributed by atoms with Gasteiger partial charge in [0, 0.05) is 19.6 Å². The van der Waals surface area contributed by atoms with E-state index in [4.69, 9.17) is 10.2 Å². The molecule has 0 radical (unpaired) electrons. The van der Waals surface area contributed by atoms with Crippen LogP contribution in [-0.4, -0.2) is 60.4 Å². The first kappa shape index (κ1) is 15.3. The number of nitrogens with one attached hydrogen (secondary N) is 1. The molecule has 0 bridgehead atoms. The summed E-state index contributed by atoms with van der Waals surface area (Å²) in [6.45, 7) is 5.00. The number of aliphatic carboxylic acids is 1. The van der Waals surface area contributed by atoms with Gasteiger partial charge in [0.15, 0.2) is 0 Å². The van der Waals surface area contributed by atoms with E-state index < -0.39 is 5.97 Å². The fraction of sp³-hybridized carbons (Fsp3) is 0.909. The van der Waals surface area contributed by atoms with E-state index in [2.05, 4.69) is 12.2 Å². The molecule has 0 aliphatic rings. The van der Waals surface area contributed by atoms with E-state index in [1.54, 1.807) is 4.90 Å². The summed E-state index contributed by atoms with van der Waals surface area (Å²) in [6.07, 6.45) is 3.59. The Labute approximate surface area is 97.4 Å². The van der Waals surface area contributed by atoms with Crippen molar-refractivity contribution in [2.24, 2.45) is 0 Å². The molecule has 0 spiro atoms. The molecule has 0 aromatic carbocycles. The van der Waals surface area contributed by atoms with Gasteiger partial charge in [-0.1, -0.05) is 19.8 Å². The zero-order valence-electron chi connectivity index (χ0n) is 10.1. The van der Waals surface area contributed by atoms with E-state index in [0.717, 1.165) is 19.5 Å². The summed E-state index contributed by atoms with van der Waals surface area (Å²) < 4.78 is 0. The zero-order chi connectivity index (χ0) is 12.2. The number of nitrogens with zero attached hydrogens (tertiary/aromatic N) is 1. The van der Waals surface area contributed by atoms with Crippen LogP contribution in [0.2, 0.25) is 0 Å². The van der Waals surface area contributed by atoms with Crippen molar-refractivity contribution in [1.82, 2.24) is 10.2 Å². The Bertz CT molecular complexity index is 177. The number of carboxylic acids is 1. The van der Waals surface area contributed by atoms with Crippen molar-refractivity contribution in [3.63, 3.8) is 0 Å². The van der Waals surface area contributed by atoms with Crippen molar-refractivity contribution < 1.29 is 15.0 Å². The van der Waals surface area contributed by atoms with Crippen LogP contribution in [-0.2, 0) is 4.79 Å². The lowest BCUT2D eigenvalue weighted by Gasteiger charge is -2.19. The standard InChI is InChI=1S/C11H24N2O3/c1-2-3-4-5-12-6-7-13(8-9-14)10-11(15)16/h12,14H,2-10H2,1H3,(H,15,16). The summed E-state index contributed by atoms with van der Waals surface area (Å²) in [4.78, 5) is 12.2. The number of carboxylic acid groups (broad SMARTS) is 1. The summed E-state index contributed by atoms with van der Waals surface area (Å²) in [5, 5.41) is 20.7. The molecule has 0 fully saturated rings. The highest BCUT2D eigenvalue weighted by molar-refractivity contribution is 5.69. The van der Waals surface area contributed by atoms with E-state index in [1.165, 1.54) is 12.8 Å². The molecule has 16 heavy (non-hydrogen) atoms. The number of hydrogen-bond acceptors (Lipinski definition) is 4. The van der Waals surface area contributed by atoms with Gasteiger partial charge in [-0.15, -0.1) is 0 Å². The normalized spacial score (nSPS) is 10.9. The number of hydrogen-bond donors (Lipinski definition) is 3. The molecule has 5 heteroatoms. The summed E-state index contributed by atoms with van der Waals surface area (Å²) in [7, 11) is 0. The van der Waals surface area contributed by atoms with Gasteiger partial charge in [-0.3, -0.25) is 9.69 Å². The molecule has 0 saturated heterocycles. The molecule has 96 valence electrons. The monoisotopic (exact) mass is 232 g/mol. The second-order valence-corrected chi connectivity index (χ2v) is 3.85. The maximum absolute atomic E-state index is 10.5. The highest BCUT2D eigenvalue weighted by Crippen LogP contribution is 1.91. The van der Waals surface area contributed by atoms with Gasteiger partial charge in [0.2, 0.25) is 0 Å². The molecular formula is C11H24N2O3. The van der Waals surface area contributed by atoms with Crippen molar-refractivity contribution in [2.75, 3.05) is 39.3 Å². The molecule has 0 rings (SSSR count). The van der Waals surface area contributed by atoms with Gasteiger partial charge in [-0.05, 0) is 13.0 Å². The predicted octanol–water partition coefficient (Wildman–Crippen LogP) is 0.145. The fourth-order valence-electron chi connectivity index (χ4n) is 1.46. The van der Waals surface area contributed by atoms with Crippen molar-refractivity contribution in [3.8, 4) is 0 Å². The van der Waals surface area contributed by atoms with Gasteiger partial charge < -0.3 is 15.5 Å². The maximum atomic E-state index is 10.5. The first-order valence-electron chi connectivity index (χ1n) is 5.96. The van der Waals surface area contributed by atoms with Crippen LogP contribution in [0.4, 0.5) is 0 Å². The molecule has 0 atom stereocenters. The first-order chi connectivity index (χ1) is 7.70. The smallest absolute Gasteiger partial charge is 0.317 e. The molecule has 0 aliphatic heterocycles. The topological polar surface area (TPSA) is 72.8 Å². The Hall–Kier alpha value is -0.650. The van der Waals surface area contributed by atoms with Gasteiger partial charge in [-0.25, -0.2) is 0 Å². The number of carbonyl (C=O) groups is 1. The minimum Gasteiger partial charge on any atom is -0.480 e. The van der Waals surface area contributed by atoms with Crippen molar-refractivity contribution in [1.29, 1.82) is 0 Å². The predicted molar refractivity (Wildman–Crippen MR) is 63.6 cm³/mol. The van der Waals surface area contributed by atoms with Gasteiger partial charge in [0.1, 0.15) is 0 Å². The van der Waals surface area contributed by atoms with Crippen LogP contribution in [0.1, 0.15) is 26.2 Å². The van der Waals surface area contributed by atoms with Crippen LogP contribution in [0.15, 0.2) is 0 Å². The van der Waals surface area contributed by atoms with Crippen molar-refractivity contribution >= 4 is 5.97 Å². The van der Waals surface area contributed by atoms with E-state index >= 15 is 0 Å². The third-order valence-corrected chi connectivity index (χ3v) is 2.34. The van der Waals surface area contributed by atoms with E-state index in [1.807, 2.05) is 0 Å². The Morgan fingerprint density at radius 3 is 2.56 bits per heavy atom. The average Bonchev–Trinajstić information content (AvgIpc) is 2.22. The van der Waals surface area contributed by atoms with Crippen LogP contribution >= 0.6 is 0 Å². The largest absolute Gasteiger partial charge is 0.480 e. The lowest BCUT2D eigenvalue weighted by Crippen LogP contribution is -2.37. The van der Waals surface area contributed by atoms with Gasteiger partial charge in [0.05, 0.1) is 13.2 Å². The summed E-state index contributed by atoms with van der Waals surface area (Å²) in [5.41, 5.74) is 0. The van der Waals surface area contributed by atoms with Crippen LogP contribution in [0.25, 0.3) is 0 Å². The molecular weight excluding hydrogens is 208 g/mol. The number of aliphatic hydroxyl groups is 1. The quantitative estimate of drug-likeness (QED) is 0.442. The van der Waals surface area contributed by atoms with Crippen LogP contribution < -0.4 is 5.32 Å². The molecule has 5 nitrogen and oxygen atoms in total. The highest BCUT2D eigenvalue weighted by atomic mass is 16.4. The maximum Gasteiger partial charge on any atom is 0.317 e. The van der Waals surface area contributed by atoms with Gasteiger partial charge in [-0.2, -0.15) is 0 Å². The molecule has 0 aliphatic carbocycles. The van der Waals surface area contributed by atoms with Crippen molar-refractivity contribution in [3.05, 3.63) is 0 Å². The van der Waals surface area contributed by atoms with Gasteiger partial charge in [0.25, 0.3) is 0 Å². The average molecular weight is 232 g/mol. The van der Waals surface area contributed by atoms with E-state index in [9.17, 15) is 4.79 Å². The molecule has 0 unspecified atom stereocenters. The van der Waals surface area contributed by atoms with Crippen LogP contribution in [0.3, 0.4) is 0 Å². The Kier molecular flexibility index (Phi) is 10.4. The zero-order valence-corrected chi connectivity index (χ0v) is 10.1. The third kappa shape index (κ3) is 9.89. The number of aliphatic hydroxyl groups excluding tert-OH is 1. The molecule has 0 aromatic heterocycles. The van der Waals surface area contributed by atoms with Crippen LogP contribution in [0.5, 0.6) is 0 Å². The first-order valence-corrected chi connectivity index (χ1v) is 5.96. The molecule has 0 aromatic rings. The number of rotatable bonds is 11. The number of unbranched alkanes of at least 4 members (excludes halogenated alkanes) is 2. The molecule has 3 N–H and O–H groups in total. The summed E-state index contributed by atoms with van der Waals surface area (Å²) in [5.74, 6) is -0.848. The van der Waals surface area contributed by atoms with Crippen LogP contribution in [0, 0.1) is 0 Å². The van der Waals surface area contributed by atoms with E-state index in [0.29, 0.717) is 13.1 Å². The lowest BCUT2D eigenvalue weighted by molar-refractivity contribution is -0.138. The second-order valence-electron chi connectivity index (χ2n) is 3.85. The second kappa shape index (κ2) is 10.9. The summed E-state index contributed by atoms with van der Waals surface area (Å²) >= 11 is 0. The minimum absolute atomic E-state index is 0.00278. The SMILES string of the molecule is CCCCCNCCN(CCO)CC(=O)O. The Morgan fingerprint density at radius 1 is 1.25 bits per heavy atom. The molecule has 0 saturated carbocycles. The lowest BCUT2D eigenvalue weighted by atomic mass is 10.2. The Morgan fingerprint density at radius 2 is 2.00 bits per heavy atom. The third-order valence-electron chi connectivity index (χ3n) is 2.34. The minimum atomic E-state index is -0.848. The van der Waals surface area contributed by atoms with Gasteiger partial charge >= 0.3 is 5.97 Å². The Balaban J connectivity index is 3.47. The highest BCUT2D eigenvalue weighted by Gasteiger charge is 2.07.